The summed E-state index contributed by atoms with van der Waals surface area (Å²) in [5.74, 6) is 4.71. The molecule has 65 heavy (non-hydrogen) atoms. The van der Waals surface area contributed by atoms with Crippen molar-refractivity contribution >= 4 is 45.2 Å². The van der Waals surface area contributed by atoms with Crippen molar-refractivity contribution in [1.29, 1.82) is 0 Å². The fraction of sp³-hybridized carbons (Fsp3) is 0.467. The highest BCUT2D eigenvalue weighted by molar-refractivity contribution is 7.00. The second-order valence-electron chi connectivity index (χ2n) is 25.2. The van der Waals surface area contributed by atoms with E-state index >= 15 is 0 Å². The molecular weight excluding hydrogens is 787 g/mol. The average Bonchev–Trinajstić information content (AvgIpc) is 3.89. The van der Waals surface area contributed by atoms with Gasteiger partial charge in [0.15, 0.2) is 0 Å². The topological polar surface area (TPSA) is 35.6 Å². The fourth-order valence-electron chi connectivity index (χ4n) is 16.1. The van der Waals surface area contributed by atoms with Gasteiger partial charge in [-0.2, -0.15) is 0 Å². The van der Waals surface area contributed by atoms with Crippen LogP contribution in [0.2, 0.25) is 0 Å². The molecule has 4 nitrogen and oxygen atoms in total. The van der Waals surface area contributed by atoms with Crippen molar-refractivity contribution in [3.05, 3.63) is 111 Å². The van der Waals surface area contributed by atoms with E-state index < -0.39 is 0 Å². The predicted octanol–water partition coefficient (Wildman–Crippen LogP) is 13.0. The third kappa shape index (κ3) is 4.77. The summed E-state index contributed by atoms with van der Waals surface area (Å²) in [6.45, 7) is 19.8. The molecule has 8 aliphatic carbocycles. The van der Waals surface area contributed by atoms with E-state index in [0.717, 1.165) is 11.6 Å². The van der Waals surface area contributed by atoms with E-state index in [1.807, 2.05) is 0 Å². The van der Waals surface area contributed by atoms with Crippen LogP contribution >= 0.6 is 0 Å². The van der Waals surface area contributed by atoms with E-state index in [0.29, 0.717) is 23.7 Å². The molecule has 2 aliphatic heterocycles. The van der Waals surface area contributed by atoms with Gasteiger partial charge in [-0.3, -0.25) is 9.13 Å². The Kier molecular flexibility index (Phi) is 7.15. The van der Waals surface area contributed by atoms with Crippen LogP contribution in [0, 0.1) is 0 Å². The highest BCUT2D eigenvalue weighted by atomic mass is 15.1. The number of aromatic nitrogens is 4. The van der Waals surface area contributed by atoms with E-state index in [1.54, 1.807) is 33.2 Å². The molecule has 0 radical (unpaired) electrons. The van der Waals surface area contributed by atoms with E-state index in [1.165, 1.54) is 149 Å². The second-order valence-corrected chi connectivity index (χ2v) is 25.2. The smallest absolute Gasteiger partial charge is 0.253 e. The number of benzene rings is 5. The zero-order valence-electron chi connectivity index (χ0n) is 40.0. The van der Waals surface area contributed by atoms with E-state index in [9.17, 15) is 0 Å². The second kappa shape index (κ2) is 12.2. The zero-order valence-corrected chi connectivity index (χ0v) is 40.0. The highest BCUT2D eigenvalue weighted by Crippen LogP contribution is 2.55. The molecule has 2 aromatic heterocycles. The molecule has 2 saturated carbocycles. The molecule has 10 aliphatic rings. The molecule has 0 spiro atoms. The van der Waals surface area contributed by atoms with Gasteiger partial charge in [-0.1, -0.05) is 85.7 Å². The Morgan fingerprint density at radius 3 is 1.25 bits per heavy atom. The van der Waals surface area contributed by atoms with E-state index in [2.05, 4.69) is 131 Å². The maximum Gasteiger partial charge on any atom is 0.253 e. The van der Waals surface area contributed by atoms with Gasteiger partial charge in [0.05, 0.1) is 22.1 Å². The van der Waals surface area contributed by atoms with Crippen LogP contribution in [0.15, 0.2) is 66.7 Å². The zero-order chi connectivity index (χ0) is 43.8. The first kappa shape index (κ1) is 38.2. The Balaban J connectivity index is 1.07. The number of imidazole rings is 2. The van der Waals surface area contributed by atoms with Crippen molar-refractivity contribution in [2.24, 2.45) is 0 Å². The van der Waals surface area contributed by atoms with Crippen LogP contribution in [0.25, 0.3) is 56.2 Å². The monoisotopic (exact) mass is 851 g/mol. The van der Waals surface area contributed by atoms with Gasteiger partial charge < -0.3 is 0 Å². The number of hydrogen-bond donors (Lipinski definition) is 0. The molecule has 7 aromatic rings. The average molecular weight is 851 g/mol. The predicted molar refractivity (Wildman–Crippen MR) is 270 cm³/mol. The summed E-state index contributed by atoms with van der Waals surface area (Å²) in [7, 11) is 0. The van der Waals surface area contributed by atoms with Gasteiger partial charge in [0.25, 0.3) is 6.71 Å². The lowest BCUT2D eigenvalue weighted by atomic mass is 9.31. The summed E-state index contributed by atoms with van der Waals surface area (Å²) >= 11 is 0. The standard InChI is InChI=1S/C60H63BN4/c1-57(2)24-26-59(5,6)42-28-36(20-22-40(42)57)55-62-44-30-38-32-12-16-34(17-13-32)48(38)51-53(44)64(55)46-10-9-11-47-50(46)61(51)52-49-35-18-14-33(15-19-35)39(49)31-45-54(52)65(47)56(63-45)37-21-23-41-43(29-37)60(7,8)27-25-58(41,3)4/h9-11,20-23,28-35H,12-19,24-27H2,1-8H3. The van der Waals surface area contributed by atoms with Crippen molar-refractivity contribution in [3.63, 3.8) is 0 Å². The lowest BCUT2D eigenvalue weighted by Crippen LogP contribution is -2.62. The van der Waals surface area contributed by atoms with Gasteiger partial charge in [0.2, 0.25) is 0 Å². The minimum absolute atomic E-state index is 0.113. The molecule has 17 rings (SSSR count). The van der Waals surface area contributed by atoms with Gasteiger partial charge in [0.1, 0.15) is 11.6 Å². The van der Waals surface area contributed by atoms with Gasteiger partial charge in [-0.15, -0.1) is 0 Å². The fourth-order valence-corrected chi connectivity index (χ4v) is 16.1. The van der Waals surface area contributed by atoms with Crippen LogP contribution in [-0.2, 0) is 21.7 Å². The van der Waals surface area contributed by atoms with Crippen molar-refractivity contribution in [3.8, 4) is 34.2 Å². The molecule has 0 amide bonds. The highest BCUT2D eigenvalue weighted by Gasteiger charge is 2.50. The number of rotatable bonds is 2. The van der Waals surface area contributed by atoms with Crippen molar-refractivity contribution in [2.45, 2.75) is 178 Å². The maximum absolute atomic E-state index is 5.88. The molecule has 5 aromatic carbocycles. The van der Waals surface area contributed by atoms with Crippen molar-refractivity contribution in [2.75, 3.05) is 0 Å². The molecule has 326 valence electrons. The van der Waals surface area contributed by atoms with E-state index in [4.69, 9.17) is 9.97 Å². The molecule has 0 N–H and O–H groups in total. The van der Waals surface area contributed by atoms with Crippen molar-refractivity contribution in [1.82, 2.24) is 19.1 Å². The first-order valence-corrected chi connectivity index (χ1v) is 25.8. The third-order valence-corrected chi connectivity index (χ3v) is 19.9. The third-order valence-electron chi connectivity index (χ3n) is 19.9. The molecule has 4 heterocycles. The first-order valence-electron chi connectivity index (χ1n) is 25.8. The van der Waals surface area contributed by atoms with Crippen LogP contribution in [-0.4, -0.2) is 25.8 Å². The van der Waals surface area contributed by atoms with Crippen LogP contribution in [0.5, 0.6) is 0 Å². The number of fused-ring (bicyclic) bond motifs is 10. The van der Waals surface area contributed by atoms with Crippen LogP contribution < -0.4 is 16.4 Å². The van der Waals surface area contributed by atoms with Crippen LogP contribution in [0.3, 0.4) is 0 Å². The minimum Gasteiger partial charge on any atom is -0.293 e. The summed E-state index contributed by atoms with van der Waals surface area (Å²) < 4.78 is 5.35. The lowest BCUT2D eigenvalue weighted by Gasteiger charge is -2.45. The molecule has 2 fully saturated rings. The van der Waals surface area contributed by atoms with E-state index in [-0.39, 0.29) is 28.4 Å². The van der Waals surface area contributed by atoms with Gasteiger partial charge >= 0.3 is 0 Å². The number of hydrogen-bond acceptors (Lipinski definition) is 2. The maximum atomic E-state index is 5.88. The Morgan fingerprint density at radius 1 is 0.446 bits per heavy atom. The van der Waals surface area contributed by atoms with Gasteiger partial charge in [-0.25, -0.2) is 9.97 Å². The summed E-state index contributed by atoms with van der Waals surface area (Å²) in [4.78, 5) is 11.8. The van der Waals surface area contributed by atoms with Crippen LogP contribution in [0.4, 0.5) is 0 Å². The van der Waals surface area contributed by atoms with Gasteiger partial charge in [-0.05, 0) is 220 Å². The largest absolute Gasteiger partial charge is 0.293 e. The SMILES string of the molecule is CC1(C)CCC(C)(C)c2cc(-c3nc4cc5c(c6c4n3-c3cccc4c3B6c3c6c(cc7nc(-c8ccc9c(c8)C(C)(C)CCC9(C)C)n-4c37)C3CCC6CC3)C3CCC5CC3)ccc21. The summed E-state index contributed by atoms with van der Waals surface area (Å²) in [6.07, 6.45) is 15.4. The molecule has 5 heteroatoms. The summed E-state index contributed by atoms with van der Waals surface area (Å²) in [5.41, 5.74) is 28.3. The van der Waals surface area contributed by atoms with Crippen molar-refractivity contribution < 1.29 is 0 Å². The molecule has 0 unspecified atom stereocenters. The summed E-state index contributed by atoms with van der Waals surface area (Å²) in [5, 5.41) is 0. The molecular formula is C60H63BN4. The van der Waals surface area contributed by atoms with Gasteiger partial charge in [0, 0.05) is 22.5 Å². The Hall–Kier alpha value is -4.90. The lowest BCUT2D eigenvalue weighted by molar-refractivity contribution is 0.332. The molecule has 0 atom stereocenters. The quantitative estimate of drug-likeness (QED) is 0.162. The minimum atomic E-state index is 0.113. The van der Waals surface area contributed by atoms with Crippen LogP contribution in [0.1, 0.15) is 201 Å². The normalized spacial score (nSPS) is 25.9. The molecule has 0 saturated heterocycles. The first-order chi connectivity index (χ1) is 31.2. The Morgan fingerprint density at radius 2 is 0.831 bits per heavy atom. The summed E-state index contributed by atoms with van der Waals surface area (Å²) in [6, 6.07) is 27.4. The molecule has 4 bridgehead atoms. The Bertz CT molecular complexity index is 3100. The number of nitrogens with zero attached hydrogens (tertiary/aromatic N) is 4. The Labute approximate surface area is 385 Å².